The van der Waals surface area contributed by atoms with Crippen molar-refractivity contribution < 1.29 is 4.39 Å². The van der Waals surface area contributed by atoms with Crippen molar-refractivity contribution in [2.24, 2.45) is 0 Å². The Morgan fingerprint density at radius 1 is 1.33 bits per heavy atom. The van der Waals surface area contributed by atoms with E-state index in [2.05, 4.69) is 17.3 Å². The molecule has 0 unspecified atom stereocenters. The van der Waals surface area contributed by atoms with Crippen LogP contribution in [0.3, 0.4) is 0 Å². The third kappa shape index (κ3) is 3.63. The van der Waals surface area contributed by atoms with E-state index in [0.717, 1.165) is 36.5 Å². The van der Waals surface area contributed by atoms with Gasteiger partial charge in [0.2, 0.25) is 0 Å². The van der Waals surface area contributed by atoms with E-state index in [9.17, 15) is 4.39 Å². The molecule has 1 aromatic heterocycles. The molecule has 2 rings (SSSR count). The molecule has 0 aliphatic rings. The molecule has 1 N–H and O–H groups in total. The van der Waals surface area contributed by atoms with Crippen molar-refractivity contribution in [2.75, 3.05) is 6.54 Å². The summed E-state index contributed by atoms with van der Waals surface area (Å²) in [5.74, 6) is -0.388. The van der Waals surface area contributed by atoms with Gasteiger partial charge in [0.15, 0.2) is 0 Å². The standard InChI is InChI=1S/C16H21ClFN3/c1-4-8-19-9-14-11(2)20-21(12(14)3)10-13-6-5-7-15(18)16(13)17/h5-7,19H,4,8-10H2,1-3H3. The minimum absolute atomic E-state index is 0.177. The van der Waals surface area contributed by atoms with Gasteiger partial charge >= 0.3 is 0 Å². The van der Waals surface area contributed by atoms with Crippen LogP contribution in [0.15, 0.2) is 18.2 Å². The summed E-state index contributed by atoms with van der Waals surface area (Å²) in [5.41, 5.74) is 4.05. The molecule has 21 heavy (non-hydrogen) atoms. The van der Waals surface area contributed by atoms with Crippen LogP contribution in [0.2, 0.25) is 5.02 Å². The average Bonchev–Trinajstić information content (AvgIpc) is 2.71. The maximum absolute atomic E-state index is 13.5. The van der Waals surface area contributed by atoms with E-state index in [-0.39, 0.29) is 10.8 Å². The minimum atomic E-state index is -0.388. The van der Waals surface area contributed by atoms with Gasteiger partial charge in [0.25, 0.3) is 0 Å². The highest BCUT2D eigenvalue weighted by molar-refractivity contribution is 6.31. The third-order valence-electron chi connectivity index (χ3n) is 3.61. The zero-order valence-corrected chi connectivity index (χ0v) is 13.5. The van der Waals surface area contributed by atoms with Gasteiger partial charge in [-0.05, 0) is 38.4 Å². The Hall–Kier alpha value is -1.39. The van der Waals surface area contributed by atoms with Gasteiger partial charge in [0.05, 0.1) is 17.3 Å². The zero-order chi connectivity index (χ0) is 15.4. The lowest BCUT2D eigenvalue weighted by atomic mass is 10.2. The highest BCUT2D eigenvalue weighted by Crippen LogP contribution is 2.22. The molecule has 0 radical (unpaired) electrons. The average molecular weight is 310 g/mol. The second-order valence-electron chi connectivity index (χ2n) is 5.20. The Morgan fingerprint density at radius 2 is 2.10 bits per heavy atom. The SMILES string of the molecule is CCCNCc1c(C)nn(Cc2cccc(F)c2Cl)c1C. The van der Waals surface area contributed by atoms with Crippen molar-refractivity contribution in [3.63, 3.8) is 0 Å². The van der Waals surface area contributed by atoms with E-state index < -0.39 is 0 Å². The first kappa shape index (κ1) is 16.0. The van der Waals surface area contributed by atoms with E-state index in [1.54, 1.807) is 6.07 Å². The fraction of sp³-hybridized carbons (Fsp3) is 0.438. The van der Waals surface area contributed by atoms with Crippen LogP contribution in [0, 0.1) is 19.7 Å². The molecular weight excluding hydrogens is 289 g/mol. The molecule has 0 aliphatic heterocycles. The van der Waals surface area contributed by atoms with E-state index in [1.165, 1.54) is 11.6 Å². The lowest BCUT2D eigenvalue weighted by molar-refractivity contribution is 0.615. The van der Waals surface area contributed by atoms with Crippen LogP contribution in [0.1, 0.15) is 35.9 Å². The van der Waals surface area contributed by atoms with Gasteiger partial charge in [-0.1, -0.05) is 30.7 Å². The molecule has 114 valence electrons. The minimum Gasteiger partial charge on any atom is -0.313 e. The van der Waals surface area contributed by atoms with Crippen molar-refractivity contribution in [3.05, 3.63) is 51.6 Å². The van der Waals surface area contributed by atoms with Crippen molar-refractivity contribution in [3.8, 4) is 0 Å². The number of hydrogen-bond donors (Lipinski definition) is 1. The Morgan fingerprint density at radius 3 is 2.81 bits per heavy atom. The fourth-order valence-corrected chi connectivity index (χ4v) is 2.55. The number of nitrogens with one attached hydrogen (secondary N) is 1. The van der Waals surface area contributed by atoms with E-state index in [1.807, 2.05) is 24.6 Å². The zero-order valence-electron chi connectivity index (χ0n) is 12.7. The van der Waals surface area contributed by atoms with Crippen LogP contribution in [-0.2, 0) is 13.1 Å². The Labute approximate surface area is 130 Å². The predicted octanol–water partition coefficient (Wildman–Crippen LogP) is 3.84. The van der Waals surface area contributed by atoms with E-state index in [4.69, 9.17) is 11.6 Å². The first-order valence-electron chi connectivity index (χ1n) is 7.21. The van der Waals surface area contributed by atoms with Gasteiger partial charge in [-0.25, -0.2) is 4.39 Å². The number of aromatic nitrogens is 2. The van der Waals surface area contributed by atoms with Gasteiger partial charge in [0.1, 0.15) is 5.82 Å². The molecule has 0 fully saturated rings. The number of rotatable bonds is 6. The number of halogens is 2. The molecule has 1 aromatic carbocycles. The van der Waals surface area contributed by atoms with Crippen LogP contribution in [0.4, 0.5) is 4.39 Å². The van der Waals surface area contributed by atoms with Gasteiger partial charge in [-0.3, -0.25) is 4.68 Å². The van der Waals surface area contributed by atoms with Gasteiger partial charge < -0.3 is 5.32 Å². The normalized spacial score (nSPS) is 11.1. The number of aryl methyl sites for hydroxylation is 1. The Kier molecular flexibility index (Phi) is 5.37. The number of hydrogen-bond acceptors (Lipinski definition) is 2. The summed E-state index contributed by atoms with van der Waals surface area (Å²) in [6.07, 6.45) is 1.10. The lowest BCUT2D eigenvalue weighted by Gasteiger charge is -2.08. The highest BCUT2D eigenvalue weighted by atomic mass is 35.5. The molecule has 3 nitrogen and oxygen atoms in total. The first-order chi connectivity index (χ1) is 10.0. The molecule has 2 aromatic rings. The molecule has 0 amide bonds. The molecular formula is C16H21ClFN3. The second kappa shape index (κ2) is 7.05. The monoisotopic (exact) mass is 309 g/mol. The third-order valence-corrected chi connectivity index (χ3v) is 4.03. The summed E-state index contributed by atoms with van der Waals surface area (Å²) in [6, 6.07) is 4.87. The topological polar surface area (TPSA) is 29.9 Å². The summed E-state index contributed by atoms with van der Waals surface area (Å²) in [7, 11) is 0. The summed E-state index contributed by atoms with van der Waals surface area (Å²) in [4.78, 5) is 0. The molecule has 0 aliphatic carbocycles. The summed E-state index contributed by atoms with van der Waals surface area (Å²) in [6.45, 7) is 8.46. The maximum atomic E-state index is 13.5. The van der Waals surface area contributed by atoms with Crippen LogP contribution >= 0.6 is 11.6 Å². The predicted molar refractivity (Wildman–Crippen MR) is 84.2 cm³/mol. The van der Waals surface area contributed by atoms with Crippen LogP contribution in [0.25, 0.3) is 0 Å². The van der Waals surface area contributed by atoms with Crippen molar-refractivity contribution >= 4 is 11.6 Å². The van der Waals surface area contributed by atoms with Gasteiger partial charge in [-0.15, -0.1) is 0 Å². The van der Waals surface area contributed by atoms with Crippen LogP contribution < -0.4 is 5.32 Å². The molecule has 0 bridgehead atoms. The van der Waals surface area contributed by atoms with Crippen LogP contribution in [0.5, 0.6) is 0 Å². The van der Waals surface area contributed by atoms with Gasteiger partial charge in [-0.2, -0.15) is 5.10 Å². The molecule has 0 spiro atoms. The second-order valence-corrected chi connectivity index (χ2v) is 5.57. The molecule has 0 saturated heterocycles. The largest absolute Gasteiger partial charge is 0.313 e. The Bertz CT molecular complexity index is 622. The molecule has 0 atom stereocenters. The molecule has 1 heterocycles. The Balaban J connectivity index is 2.21. The smallest absolute Gasteiger partial charge is 0.142 e. The van der Waals surface area contributed by atoms with E-state index >= 15 is 0 Å². The quantitative estimate of drug-likeness (QED) is 0.822. The van der Waals surface area contributed by atoms with Crippen LogP contribution in [-0.4, -0.2) is 16.3 Å². The summed E-state index contributed by atoms with van der Waals surface area (Å²) >= 11 is 6.02. The number of benzene rings is 1. The van der Waals surface area contributed by atoms with Crippen molar-refractivity contribution in [2.45, 2.75) is 40.3 Å². The highest BCUT2D eigenvalue weighted by Gasteiger charge is 2.13. The maximum Gasteiger partial charge on any atom is 0.142 e. The molecule has 5 heteroatoms. The lowest BCUT2D eigenvalue weighted by Crippen LogP contribution is -2.15. The van der Waals surface area contributed by atoms with Gasteiger partial charge in [0, 0.05) is 17.8 Å². The first-order valence-corrected chi connectivity index (χ1v) is 7.58. The summed E-state index contributed by atoms with van der Waals surface area (Å²) in [5, 5.41) is 8.12. The van der Waals surface area contributed by atoms with E-state index in [0.29, 0.717) is 6.54 Å². The van der Waals surface area contributed by atoms with Crippen molar-refractivity contribution in [1.82, 2.24) is 15.1 Å². The summed E-state index contributed by atoms with van der Waals surface area (Å²) < 4.78 is 15.4. The fourth-order valence-electron chi connectivity index (χ4n) is 2.37. The van der Waals surface area contributed by atoms with Crippen molar-refractivity contribution in [1.29, 1.82) is 0 Å². The molecule has 0 saturated carbocycles. The number of nitrogens with zero attached hydrogens (tertiary/aromatic N) is 2.